The maximum atomic E-state index is 12.9. The van der Waals surface area contributed by atoms with Crippen LogP contribution in [0.15, 0.2) is 0 Å². The fraction of sp³-hybridized carbons (Fsp3) is 0.972. The largest absolute Gasteiger partial charge is 0.464 e. The minimum absolute atomic E-state index is 0.354. The van der Waals surface area contributed by atoms with Crippen molar-refractivity contribution in [2.75, 3.05) is 6.61 Å². The summed E-state index contributed by atoms with van der Waals surface area (Å²) in [5, 5.41) is 11.3. The molecule has 3 nitrogen and oxygen atoms in total. The summed E-state index contributed by atoms with van der Waals surface area (Å²) in [6, 6.07) is 0. The van der Waals surface area contributed by atoms with E-state index >= 15 is 0 Å². The van der Waals surface area contributed by atoms with Crippen LogP contribution in [0.25, 0.3) is 0 Å². The lowest BCUT2D eigenvalue weighted by Gasteiger charge is -2.26. The first-order chi connectivity index (χ1) is 19.1. The van der Waals surface area contributed by atoms with Crippen molar-refractivity contribution in [2.45, 2.75) is 219 Å². The second-order valence-corrected chi connectivity index (χ2v) is 12.5. The van der Waals surface area contributed by atoms with E-state index in [1.54, 1.807) is 0 Å². The van der Waals surface area contributed by atoms with Crippen LogP contribution in [0.5, 0.6) is 0 Å². The summed E-state index contributed by atoms with van der Waals surface area (Å²) in [5.41, 5.74) is -1.28. The highest BCUT2D eigenvalue weighted by Crippen LogP contribution is 2.26. The van der Waals surface area contributed by atoms with E-state index in [1.165, 1.54) is 141 Å². The van der Waals surface area contributed by atoms with Crippen LogP contribution in [0.1, 0.15) is 213 Å². The van der Waals surface area contributed by atoms with Crippen molar-refractivity contribution < 1.29 is 14.6 Å². The molecule has 0 heterocycles. The molecule has 0 aliphatic carbocycles. The molecule has 0 aromatic rings. The molecule has 3 heteroatoms. The predicted octanol–water partition coefficient (Wildman–Crippen LogP) is 12.0. The van der Waals surface area contributed by atoms with Gasteiger partial charge in [-0.3, -0.25) is 0 Å². The highest BCUT2D eigenvalue weighted by Gasteiger charge is 2.36. The van der Waals surface area contributed by atoms with Crippen LogP contribution in [0, 0.1) is 0 Å². The summed E-state index contributed by atoms with van der Waals surface area (Å²) >= 11 is 0. The number of esters is 1. The van der Waals surface area contributed by atoms with Crippen molar-refractivity contribution in [2.24, 2.45) is 0 Å². The maximum Gasteiger partial charge on any atom is 0.338 e. The summed E-state index contributed by atoms with van der Waals surface area (Å²) in [6.07, 6.45) is 36.5. The van der Waals surface area contributed by atoms with Gasteiger partial charge in [-0.05, 0) is 32.1 Å². The Morgan fingerprint density at radius 3 is 1.00 bits per heavy atom. The molecule has 1 N–H and O–H groups in total. The Balaban J connectivity index is 4.13. The Bertz CT molecular complexity index is 492. The molecule has 39 heavy (non-hydrogen) atoms. The third-order valence-electron chi connectivity index (χ3n) is 8.50. The van der Waals surface area contributed by atoms with E-state index in [0.29, 0.717) is 19.4 Å². The lowest BCUT2D eigenvalue weighted by molar-refractivity contribution is -0.167. The highest BCUT2D eigenvalue weighted by atomic mass is 16.5. The zero-order valence-electron chi connectivity index (χ0n) is 27.2. The first-order valence-electron chi connectivity index (χ1n) is 18.0. The fourth-order valence-electron chi connectivity index (χ4n) is 5.67. The van der Waals surface area contributed by atoms with E-state index in [-0.39, 0.29) is 5.97 Å². The zero-order chi connectivity index (χ0) is 28.7. The van der Waals surface area contributed by atoms with Crippen LogP contribution >= 0.6 is 0 Å². The van der Waals surface area contributed by atoms with Gasteiger partial charge in [0.2, 0.25) is 0 Å². The Morgan fingerprint density at radius 1 is 0.436 bits per heavy atom. The molecule has 1 atom stereocenters. The number of carbonyl (C=O) groups is 1. The first kappa shape index (κ1) is 38.4. The number of ether oxygens (including phenoxy) is 1. The van der Waals surface area contributed by atoms with Crippen LogP contribution in [-0.4, -0.2) is 23.3 Å². The quantitative estimate of drug-likeness (QED) is 0.0666. The van der Waals surface area contributed by atoms with E-state index in [1.807, 2.05) is 0 Å². The molecule has 1 unspecified atom stereocenters. The van der Waals surface area contributed by atoms with E-state index in [0.717, 1.165) is 38.5 Å². The van der Waals surface area contributed by atoms with Gasteiger partial charge in [0.05, 0.1) is 6.61 Å². The van der Waals surface area contributed by atoms with Crippen molar-refractivity contribution in [3.05, 3.63) is 0 Å². The molecule has 234 valence electrons. The van der Waals surface area contributed by atoms with Crippen LogP contribution < -0.4 is 0 Å². The van der Waals surface area contributed by atoms with Crippen molar-refractivity contribution in [3.63, 3.8) is 0 Å². The second-order valence-electron chi connectivity index (χ2n) is 12.5. The molecule has 0 aromatic carbocycles. The molecule has 0 radical (unpaired) electrons. The standard InChI is InChI=1S/C36H72O3/c1-4-7-10-13-15-17-18-19-20-21-23-25-27-30-33-36(38,35(37)39-34-31-28-12-9-6-3)32-29-26-24-22-16-14-11-8-5-2/h38H,4-34H2,1-3H3. The molecule has 0 saturated heterocycles. The Hall–Kier alpha value is -0.570. The third kappa shape index (κ3) is 26.1. The lowest BCUT2D eigenvalue weighted by atomic mass is 9.89. The average Bonchev–Trinajstić information content (AvgIpc) is 2.94. The van der Waals surface area contributed by atoms with Gasteiger partial charge in [0.1, 0.15) is 0 Å². The van der Waals surface area contributed by atoms with E-state index < -0.39 is 5.60 Å². The smallest absolute Gasteiger partial charge is 0.338 e. The number of aliphatic hydroxyl groups is 1. The van der Waals surface area contributed by atoms with Gasteiger partial charge in [-0.25, -0.2) is 4.79 Å². The highest BCUT2D eigenvalue weighted by molar-refractivity contribution is 5.79. The van der Waals surface area contributed by atoms with Gasteiger partial charge in [0.25, 0.3) is 0 Å². The minimum Gasteiger partial charge on any atom is -0.464 e. The minimum atomic E-state index is -1.28. The Labute approximate surface area is 246 Å². The number of hydrogen-bond donors (Lipinski definition) is 1. The topological polar surface area (TPSA) is 46.5 Å². The number of rotatable bonds is 32. The first-order valence-corrected chi connectivity index (χ1v) is 18.0. The van der Waals surface area contributed by atoms with E-state index in [9.17, 15) is 9.90 Å². The monoisotopic (exact) mass is 553 g/mol. The van der Waals surface area contributed by atoms with Gasteiger partial charge in [0.15, 0.2) is 5.60 Å². The Kier molecular flexibility index (Phi) is 29.9. The molecule has 0 amide bonds. The van der Waals surface area contributed by atoms with Crippen molar-refractivity contribution in [1.29, 1.82) is 0 Å². The summed E-state index contributed by atoms with van der Waals surface area (Å²) in [5.74, 6) is -0.354. The predicted molar refractivity (Wildman–Crippen MR) is 171 cm³/mol. The van der Waals surface area contributed by atoms with E-state index in [2.05, 4.69) is 20.8 Å². The normalized spacial score (nSPS) is 13.0. The maximum absolute atomic E-state index is 12.9. The van der Waals surface area contributed by atoms with Gasteiger partial charge in [-0.2, -0.15) is 0 Å². The molecule has 0 aromatic heterocycles. The molecule has 0 aliphatic heterocycles. The van der Waals surface area contributed by atoms with Gasteiger partial charge in [0, 0.05) is 0 Å². The lowest BCUT2D eigenvalue weighted by Crippen LogP contribution is -2.40. The van der Waals surface area contributed by atoms with Crippen LogP contribution in [-0.2, 0) is 9.53 Å². The second kappa shape index (κ2) is 30.4. The number of unbranched alkanes of at least 4 members (excludes halogenated alkanes) is 25. The summed E-state index contributed by atoms with van der Waals surface area (Å²) in [6.45, 7) is 7.21. The third-order valence-corrected chi connectivity index (χ3v) is 8.50. The summed E-state index contributed by atoms with van der Waals surface area (Å²) < 4.78 is 5.60. The molecular formula is C36H72O3. The number of hydrogen-bond acceptors (Lipinski definition) is 3. The molecule has 0 bridgehead atoms. The molecule has 0 fully saturated rings. The molecule has 0 aliphatic rings. The molecule has 0 rings (SSSR count). The van der Waals surface area contributed by atoms with Crippen molar-refractivity contribution in [1.82, 2.24) is 0 Å². The SMILES string of the molecule is CCCCCCCCCCCCCCCCC(O)(CCCCCCCCCCC)C(=O)OCCCCCCC. The summed E-state index contributed by atoms with van der Waals surface area (Å²) in [7, 11) is 0. The van der Waals surface area contributed by atoms with Crippen LogP contribution in [0.3, 0.4) is 0 Å². The fourth-order valence-corrected chi connectivity index (χ4v) is 5.67. The molecule has 0 spiro atoms. The van der Waals surface area contributed by atoms with Crippen molar-refractivity contribution >= 4 is 5.97 Å². The molecular weight excluding hydrogens is 480 g/mol. The average molecular weight is 553 g/mol. The summed E-state index contributed by atoms with van der Waals surface area (Å²) in [4.78, 5) is 12.9. The van der Waals surface area contributed by atoms with Gasteiger partial charge in [-0.1, -0.05) is 181 Å². The number of carbonyl (C=O) groups excluding carboxylic acids is 1. The zero-order valence-corrected chi connectivity index (χ0v) is 27.2. The van der Waals surface area contributed by atoms with Gasteiger partial charge < -0.3 is 9.84 Å². The van der Waals surface area contributed by atoms with E-state index in [4.69, 9.17) is 4.74 Å². The van der Waals surface area contributed by atoms with Crippen LogP contribution in [0.2, 0.25) is 0 Å². The van der Waals surface area contributed by atoms with Crippen molar-refractivity contribution in [3.8, 4) is 0 Å². The van der Waals surface area contributed by atoms with Gasteiger partial charge >= 0.3 is 5.97 Å². The van der Waals surface area contributed by atoms with Crippen LogP contribution in [0.4, 0.5) is 0 Å². The Morgan fingerprint density at radius 2 is 0.692 bits per heavy atom. The molecule has 0 saturated carbocycles. The van der Waals surface area contributed by atoms with Gasteiger partial charge in [-0.15, -0.1) is 0 Å².